The first kappa shape index (κ1) is 17.3. The molecule has 0 aromatic heterocycles. The Morgan fingerprint density at radius 2 is 1.74 bits per heavy atom. The summed E-state index contributed by atoms with van der Waals surface area (Å²) in [5.74, 6) is 0.410. The SMILES string of the molecule is CO[Si](C)(CCC1CCC(O)C(O)C1)O[Si](C)(C)O. The summed E-state index contributed by atoms with van der Waals surface area (Å²) in [6, 6.07) is 0.813. The topological polar surface area (TPSA) is 79.2 Å². The zero-order valence-electron chi connectivity index (χ0n) is 12.4. The van der Waals surface area contributed by atoms with E-state index in [1.54, 1.807) is 20.2 Å². The molecule has 0 aliphatic heterocycles. The molecular weight excluding hydrogens is 280 g/mol. The van der Waals surface area contributed by atoms with Gasteiger partial charge in [0.25, 0.3) is 0 Å². The van der Waals surface area contributed by atoms with Crippen LogP contribution in [0, 0.1) is 5.92 Å². The molecule has 19 heavy (non-hydrogen) atoms. The van der Waals surface area contributed by atoms with E-state index in [1.165, 1.54) is 0 Å². The van der Waals surface area contributed by atoms with Crippen molar-refractivity contribution in [3.8, 4) is 0 Å². The predicted octanol–water partition coefficient (Wildman–Crippen LogP) is 1.33. The van der Waals surface area contributed by atoms with Crippen molar-refractivity contribution in [3.63, 3.8) is 0 Å². The number of aliphatic hydroxyl groups excluding tert-OH is 2. The predicted molar refractivity (Wildman–Crippen MR) is 78.2 cm³/mol. The van der Waals surface area contributed by atoms with Gasteiger partial charge in [-0.3, -0.25) is 0 Å². The summed E-state index contributed by atoms with van der Waals surface area (Å²) in [5, 5.41) is 19.2. The van der Waals surface area contributed by atoms with E-state index in [4.69, 9.17) is 8.54 Å². The molecule has 0 bridgehead atoms. The van der Waals surface area contributed by atoms with Crippen LogP contribution < -0.4 is 0 Å². The van der Waals surface area contributed by atoms with Crippen LogP contribution in [0.25, 0.3) is 0 Å². The summed E-state index contributed by atoms with van der Waals surface area (Å²) in [6.45, 7) is 5.47. The summed E-state index contributed by atoms with van der Waals surface area (Å²) in [6.07, 6.45) is 2.01. The fraction of sp³-hybridized carbons (Fsp3) is 1.00. The summed E-state index contributed by atoms with van der Waals surface area (Å²) < 4.78 is 11.3. The minimum absolute atomic E-state index is 0.410. The second-order valence-electron chi connectivity index (χ2n) is 6.24. The Morgan fingerprint density at radius 3 is 2.21 bits per heavy atom. The molecule has 3 N–H and O–H groups in total. The fourth-order valence-electron chi connectivity index (χ4n) is 2.67. The lowest BCUT2D eigenvalue weighted by Gasteiger charge is -2.34. The fourth-order valence-corrected chi connectivity index (χ4v) is 8.77. The van der Waals surface area contributed by atoms with Gasteiger partial charge in [-0.05, 0) is 57.3 Å². The Morgan fingerprint density at radius 1 is 1.11 bits per heavy atom. The van der Waals surface area contributed by atoms with Crippen LogP contribution in [0.4, 0.5) is 0 Å². The average molecular weight is 309 g/mol. The second-order valence-corrected chi connectivity index (χ2v) is 13.1. The van der Waals surface area contributed by atoms with Crippen molar-refractivity contribution >= 4 is 17.1 Å². The highest BCUT2D eigenvalue weighted by molar-refractivity contribution is 6.78. The van der Waals surface area contributed by atoms with E-state index >= 15 is 0 Å². The van der Waals surface area contributed by atoms with Crippen molar-refractivity contribution in [2.75, 3.05) is 7.11 Å². The lowest BCUT2D eigenvalue weighted by atomic mass is 9.84. The molecule has 0 heterocycles. The van der Waals surface area contributed by atoms with Gasteiger partial charge in [-0.25, -0.2) is 0 Å². The summed E-state index contributed by atoms with van der Waals surface area (Å²) in [5.41, 5.74) is 0. The van der Waals surface area contributed by atoms with Crippen LogP contribution in [-0.4, -0.2) is 51.4 Å². The van der Waals surface area contributed by atoms with Crippen molar-refractivity contribution < 1.29 is 23.5 Å². The summed E-state index contributed by atoms with van der Waals surface area (Å²) in [7, 11) is -3.25. The number of rotatable bonds is 6. The maximum Gasteiger partial charge on any atom is 0.325 e. The molecule has 1 aliphatic carbocycles. The van der Waals surface area contributed by atoms with Gasteiger partial charge < -0.3 is 23.5 Å². The molecule has 4 unspecified atom stereocenters. The molecule has 0 amide bonds. The third-order valence-corrected chi connectivity index (χ3v) is 9.58. The van der Waals surface area contributed by atoms with E-state index < -0.39 is 29.3 Å². The van der Waals surface area contributed by atoms with Crippen molar-refractivity contribution in [2.24, 2.45) is 5.92 Å². The zero-order valence-corrected chi connectivity index (χ0v) is 14.4. The van der Waals surface area contributed by atoms with Crippen LogP contribution in [0.1, 0.15) is 25.7 Å². The van der Waals surface area contributed by atoms with Gasteiger partial charge in [0.1, 0.15) is 0 Å². The second kappa shape index (κ2) is 6.79. The lowest BCUT2D eigenvalue weighted by molar-refractivity contribution is -0.0260. The first-order chi connectivity index (χ1) is 8.65. The third-order valence-electron chi connectivity index (χ3n) is 3.79. The van der Waals surface area contributed by atoms with Crippen LogP contribution in [0.2, 0.25) is 25.7 Å². The van der Waals surface area contributed by atoms with Crippen LogP contribution >= 0.6 is 0 Å². The van der Waals surface area contributed by atoms with Crippen LogP contribution in [0.15, 0.2) is 0 Å². The smallest absolute Gasteiger partial charge is 0.325 e. The standard InChI is InChI=1S/C12H28O5Si2/c1-16-19(4,17-18(2,3)15)8-7-10-5-6-11(13)12(14)9-10/h10-15H,5-9H2,1-4H3. The van der Waals surface area contributed by atoms with E-state index in [2.05, 4.69) is 0 Å². The van der Waals surface area contributed by atoms with Gasteiger partial charge in [0.15, 0.2) is 0 Å². The van der Waals surface area contributed by atoms with Crippen molar-refractivity contribution in [2.45, 2.75) is 63.6 Å². The highest BCUT2D eigenvalue weighted by Gasteiger charge is 2.38. The van der Waals surface area contributed by atoms with Gasteiger partial charge in [-0.2, -0.15) is 0 Å². The van der Waals surface area contributed by atoms with Gasteiger partial charge in [0.05, 0.1) is 12.2 Å². The van der Waals surface area contributed by atoms with Gasteiger partial charge >= 0.3 is 17.1 Å². The Labute approximate surface area is 118 Å². The Kier molecular flexibility index (Phi) is 6.18. The maximum atomic E-state index is 9.90. The van der Waals surface area contributed by atoms with Gasteiger partial charge in [0.2, 0.25) is 0 Å². The number of hydrogen-bond acceptors (Lipinski definition) is 5. The highest BCUT2D eigenvalue weighted by Crippen LogP contribution is 2.31. The molecule has 114 valence electrons. The monoisotopic (exact) mass is 308 g/mol. The Balaban J connectivity index is 2.45. The molecule has 1 fully saturated rings. The van der Waals surface area contributed by atoms with E-state index in [9.17, 15) is 15.0 Å². The quantitative estimate of drug-likeness (QED) is 0.645. The zero-order chi connectivity index (χ0) is 14.7. The van der Waals surface area contributed by atoms with Crippen molar-refractivity contribution in [1.29, 1.82) is 0 Å². The highest BCUT2D eigenvalue weighted by atomic mass is 28.5. The summed E-state index contributed by atoms with van der Waals surface area (Å²) in [4.78, 5) is 9.90. The molecule has 0 saturated heterocycles. The number of hydrogen-bond donors (Lipinski definition) is 3. The van der Waals surface area contributed by atoms with Crippen molar-refractivity contribution in [1.82, 2.24) is 0 Å². The molecule has 0 aromatic carbocycles. The Hall–Kier alpha value is 0.234. The minimum Gasteiger partial charge on any atom is -0.415 e. The first-order valence-corrected chi connectivity index (χ1v) is 12.4. The van der Waals surface area contributed by atoms with E-state index in [0.717, 1.165) is 18.9 Å². The van der Waals surface area contributed by atoms with Crippen molar-refractivity contribution in [3.05, 3.63) is 0 Å². The minimum atomic E-state index is -2.58. The van der Waals surface area contributed by atoms with Crippen LogP contribution in [-0.2, 0) is 8.54 Å². The maximum absolute atomic E-state index is 9.90. The molecule has 0 aromatic rings. The Bertz CT molecular complexity index is 284. The molecule has 0 spiro atoms. The van der Waals surface area contributed by atoms with Crippen LogP contribution in [0.3, 0.4) is 0 Å². The third kappa shape index (κ3) is 6.03. The largest absolute Gasteiger partial charge is 0.415 e. The van der Waals surface area contributed by atoms with E-state index in [0.29, 0.717) is 18.8 Å². The summed E-state index contributed by atoms with van der Waals surface area (Å²) >= 11 is 0. The molecule has 1 saturated carbocycles. The molecule has 5 nitrogen and oxygen atoms in total. The molecule has 1 rings (SSSR count). The molecule has 4 atom stereocenters. The van der Waals surface area contributed by atoms with Gasteiger partial charge in [-0.1, -0.05) is 0 Å². The molecule has 0 radical (unpaired) electrons. The molecule has 1 aliphatic rings. The van der Waals surface area contributed by atoms with E-state index in [-0.39, 0.29) is 0 Å². The molecule has 7 heteroatoms. The van der Waals surface area contributed by atoms with Gasteiger partial charge in [-0.15, -0.1) is 0 Å². The first-order valence-electron chi connectivity index (χ1n) is 6.99. The van der Waals surface area contributed by atoms with Gasteiger partial charge in [0, 0.05) is 7.11 Å². The molecular formula is C12H28O5Si2. The average Bonchev–Trinajstić information content (AvgIpc) is 2.29. The van der Waals surface area contributed by atoms with Crippen LogP contribution in [0.5, 0.6) is 0 Å². The lowest BCUT2D eigenvalue weighted by Crippen LogP contribution is -2.48. The van der Waals surface area contributed by atoms with E-state index in [1.807, 2.05) is 6.55 Å². The number of aliphatic hydroxyl groups is 2. The normalized spacial score (nSPS) is 32.1.